The lowest BCUT2D eigenvalue weighted by molar-refractivity contribution is -0.188. The Balaban J connectivity index is 2.60. The highest BCUT2D eigenvalue weighted by Crippen LogP contribution is 2.32. The van der Waals surface area contributed by atoms with Crippen LogP contribution in [-0.2, 0) is 0 Å². The molecule has 0 aromatic rings. The van der Waals surface area contributed by atoms with Crippen LogP contribution < -0.4 is 0 Å². The normalized spacial score (nSPS) is 34.6. The van der Waals surface area contributed by atoms with Crippen LogP contribution in [0.15, 0.2) is 0 Å². The standard InChI is InChI=1S/C6H10F3NO/c1-10-2-4(5(11)3-10)6(7,8)9/h4-5,11H,2-3H2,1H3/t4-,5?/m1/s1. The molecule has 5 heteroatoms. The first-order valence-corrected chi connectivity index (χ1v) is 3.34. The third kappa shape index (κ3) is 1.84. The second-order valence-electron chi connectivity index (χ2n) is 2.94. The van der Waals surface area contributed by atoms with Crippen molar-refractivity contribution in [3.8, 4) is 0 Å². The molecule has 0 aromatic heterocycles. The lowest BCUT2D eigenvalue weighted by Gasteiger charge is -2.16. The maximum Gasteiger partial charge on any atom is 0.395 e. The average molecular weight is 169 g/mol. The van der Waals surface area contributed by atoms with E-state index in [0.717, 1.165) is 0 Å². The number of likely N-dealkylation sites (tertiary alicyclic amines) is 1. The van der Waals surface area contributed by atoms with E-state index in [1.165, 1.54) is 4.90 Å². The van der Waals surface area contributed by atoms with Gasteiger partial charge in [0.25, 0.3) is 0 Å². The lowest BCUT2D eigenvalue weighted by atomic mass is 10.1. The first-order chi connectivity index (χ1) is 4.91. The van der Waals surface area contributed by atoms with Crippen LogP contribution in [0.5, 0.6) is 0 Å². The van der Waals surface area contributed by atoms with Crippen LogP contribution in [0, 0.1) is 5.92 Å². The number of aliphatic hydroxyl groups is 1. The van der Waals surface area contributed by atoms with E-state index in [1.807, 2.05) is 0 Å². The molecule has 66 valence electrons. The fourth-order valence-corrected chi connectivity index (χ4v) is 1.30. The van der Waals surface area contributed by atoms with Crippen molar-refractivity contribution in [2.45, 2.75) is 12.3 Å². The Morgan fingerprint density at radius 3 is 2.09 bits per heavy atom. The second-order valence-corrected chi connectivity index (χ2v) is 2.94. The van der Waals surface area contributed by atoms with Crippen LogP contribution in [0.1, 0.15) is 0 Å². The molecule has 0 amide bonds. The Labute approximate surface area is 62.6 Å². The van der Waals surface area contributed by atoms with Gasteiger partial charge in [-0.2, -0.15) is 13.2 Å². The SMILES string of the molecule is CN1CC(O)[C@H](C(F)(F)F)C1. The zero-order valence-electron chi connectivity index (χ0n) is 6.10. The van der Waals surface area contributed by atoms with Crippen molar-refractivity contribution in [1.29, 1.82) is 0 Å². The second kappa shape index (κ2) is 2.64. The number of nitrogens with zero attached hydrogens (tertiary/aromatic N) is 1. The minimum Gasteiger partial charge on any atom is -0.391 e. The third-order valence-electron chi connectivity index (χ3n) is 1.89. The quantitative estimate of drug-likeness (QED) is 0.569. The van der Waals surface area contributed by atoms with Gasteiger partial charge in [-0.05, 0) is 7.05 Å². The molecule has 0 bridgehead atoms. The van der Waals surface area contributed by atoms with E-state index in [9.17, 15) is 13.2 Å². The number of likely N-dealkylation sites (N-methyl/N-ethyl adjacent to an activating group) is 1. The van der Waals surface area contributed by atoms with E-state index in [1.54, 1.807) is 7.05 Å². The lowest BCUT2D eigenvalue weighted by Crippen LogP contribution is -2.32. The molecule has 2 atom stereocenters. The number of hydrogen-bond acceptors (Lipinski definition) is 2. The number of aliphatic hydroxyl groups excluding tert-OH is 1. The maximum atomic E-state index is 12.0. The number of hydrogen-bond donors (Lipinski definition) is 1. The van der Waals surface area contributed by atoms with Gasteiger partial charge in [0.15, 0.2) is 0 Å². The molecule has 0 spiro atoms. The van der Waals surface area contributed by atoms with E-state index in [2.05, 4.69) is 0 Å². The largest absolute Gasteiger partial charge is 0.395 e. The van der Waals surface area contributed by atoms with E-state index in [4.69, 9.17) is 5.11 Å². The first kappa shape index (κ1) is 8.80. The van der Waals surface area contributed by atoms with Crippen molar-refractivity contribution in [3.05, 3.63) is 0 Å². The number of β-amino-alcohol motifs (C(OH)–C–C–N with tert-alkyl or cyclic N) is 1. The predicted molar refractivity (Wildman–Crippen MR) is 33.0 cm³/mol. The molecule has 1 N–H and O–H groups in total. The van der Waals surface area contributed by atoms with E-state index < -0.39 is 18.2 Å². The molecule has 1 saturated heterocycles. The topological polar surface area (TPSA) is 23.5 Å². The van der Waals surface area contributed by atoms with Crippen LogP contribution >= 0.6 is 0 Å². The van der Waals surface area contributed by atoms with Crippen LogP contribution in [0.3, 0.4) is 0 Å². The summed E-state index contributed by atoms with van der Waals surface area (Å²) in [6.45, 7) is 0.0227. The third-order valence-corrected chi connectivity index (χ3v) is 1.89. The predicted octanol–water partition coefficient (Wildman–Crippen LogP) is 0.471. The molecule has 1 heterocycles. The van der Waals surface area contributed by atoms with Gasteiger partial charge in [0, 0.05) is 13.1 Å². The summed E-state index contributed by atoms with van der Waals surface area (Å²) >= 11 is 0. The summed E-state index contributed by atoms with van der Waals surface area (Å²) in [5.41, 5.74) is 0. The van der Waals surface area contributed by atoms with Gasteiger partial charge < -0.3 is 10.0 Å². The molecular formula is C6H10F3NO. The Morgan fingerprint density at radius 2 is 1.91 bits per heavy atom. The molecular weight excluding hydrogens is 159 g/mol. The van der Waals surface area contributed by atoms with Crippen molar-refractivity contribution < 1.29 is 18.3 Å². The molecule has 11 heavy (non-hydrogen) atoms. The summed E-state index contributed by atoms with van der Waals surface area (Å²) in [6.07, 6.45) is -5.51. The van der Waals surface area contributed by atoms with Crippen LogP contribution in [-0.4, -0.2) is 42.4 Å². The highest BCUT2D eigenvalue weighted by molar-refractivity contribution is 4.86. The summed E-state index contributed by atoms with van der Waals surface area (Å²) < 4.78 is 36.0. The Hall–Kier alpha value is -0.290. The van der Waals surface area contributed by atoms with Crippen LogP contribution in [0.2, 0.25) is 0 Å². The fourth-order valence-electron chi connectivity index (χ4n) is 1.30. The minimum absolute atomic E-state index is 0.0926. The van der Waals surface area contributed by atoms with E-state index in [-0.39, 0.29) is 13.1 Å². The molecule has 1 aliphatic heterocycles. The Morgan fingerprint density at radius 1 is 1.36 bits per heavy atom. The monoisotopic (exact) mass is 169 g/mol. The molecule has 0 aromatic carbocycles. The molecule has 1 unspecified atom stereocenters. The van der Waals surface area contributed by atoms with Crippen molar-refractivity contribution in [2.24, 2.45) is 5.92 Å². The fraction of sp³-hybridized carbons (Fsp3) is 1.00. The van der Waals surface area contributed by atoms with Gasteiger partial charge in [-0.25, -0.2) is 0 Å². The molecule has 1 rings (SSSR count). The molecule has 1 aliphatic rings. The number of halogens is 3. The van der Waals surface area contributed by atoms with E-state index >= 15 is 0 Å². The Kier molecular flexibility index (Phi) is 2.11. The number of alkyl halides is 3. The zero-order chi connectivity index (χ0) is 8.65. The zero-order valence-corrected chi connectivity index (χ0v) is 6.10. The summed E-state index contributed by atoms with van der Waals surface area (Å²) in [5.74, 6) is -1.56. The van der Waals surface area contributed by atoms with Gasteiger partial charge in [-0.3, -0.25) is 0 Å². The summed E-state index contributed by atoms with van der Waals surface area (Å²) in [6, 6.07) is 0. The minimum atomic E-state index is -4.26. The molecule has 0 aliphatic carbocycles. The van der Waals surface area contributed by atoms with Crippen molar-refractivity contribution in [3.63, 3.8) is 0 Å². The highest BCUT2D eigenvalue weighted by atomic mass is 19.4. The first-order valence-electron chi connectivity index (χ1n) is 3.34. The average Bonchev–Trinajstić information content (AvgIpc) is 2.08. The maximum absolute atomic E-state index is 12.0. The molecule has 1 fully saturated rings. The van der Waals surface area contributed by atoms with Gasteiger partial charge in [-0.1, -0.05) is 0 Å². The Bertz CT molecular complexity index is 147. The number of rotatable bonds is 0. The summed E-state index contributed by atoms with van der Waals surface area (Å²) in [4.78, 5) is 1.48. The smallest absolute Gasteiger partial charge is 0.391 e. The van der Waals surface area contributed by atoms with Crippen molar-refractivity contribution in [1.82, 2.24) is 4.90 Å². The van der Waals surface area contributed by atoms with Gasteiger partial charge in [-0.15, -0.1) is 0 Å². The van der Waals surface area contributed by atoms with Crippen LogP contribution in [0.25, 0.3) is 0 Å². The van der Waals surface area contributed by atoms with Gasteiger partial charge >= 0.3 is 6.18 Å². The molecule has 0 radical (unpaired) electrons. The van der Waals surface area contributed by atoms with Crippen molar-refractivity contribution in [2.75, 3.05) is 20.1 Å². The molecule has 0 saturated carbocycles. The van der Waals surface area contributed by atoms with Gasteiger partial charge in [0.05, 0.1) is 12.0 Å². The van der Waals surface area contributed by atoms with Crippen molar-refractivity contribution >= 4 is 0 Å². The summed E-state index contributed by atoms with van der Waals surface area (Å²) in [5, 5.41) is 8.93. The van der Waals surface area contributed by atoms with Crippen LogP contribution in [0.4, 0.5) is 13.2 Å². The van der Waals surface area contributed by atoms with Gasteiger partial charge in [0.2, 0.25) is 0 Å². The highest BCUT2D eigenvalue weighted by Gasteiger charge is 2.48. The summed E-state index contributed by atoms with van der Waals surface area (Å²) in [7, 11) is 1.56. The molecule has 2 nitrogen and oxygen atoms in total. The van der Waals surface area contributed by atoms with E-state index in [0.29, 0.717) is 0 Å². The van der Waals surface area contributed by atoms with Gasteiger partial charge in [0.1, 0.15) is 0 Å².